The summed E-state index contributed by atoms with van der Waals surface area (Å²) in [4.78, 5) is 23.4. The van der Waals surface area contributed by atoms with Crippen molar-refractivity contribution in [1.29, 1.82) is 0 Å². The first-order chi connectivity index (χ1) is 10.9. The van der Waals surface area contributed by atoms with E-state index in [1.807, 2.05) is 0 Å². The molecule has 2 aromatic carbocycles. The van der Waals surface area contributed by atoms with Crippen molar-refractivity contribution in [2.75, 3.05) is 17.2 Å². The number of nitrogens with two attached hydrogens (primary N) is 1. The molecule has 0 spiro atoms. The highest BCUT2D eigenvalue weighted by atomic mass is 19.2. The van der Waals surface area contributed by atoms with E-state index in [1.165, 1.54) is 6.07 Å². The number of halogens is 3. The second-order valence-corrected chi connectivity index (χ2v) is 4.53. The Kier molecular flexibility index (Phi) is 4.97. The van der Waals surface area contributed by atoms with E-state index in [4.69, 9.17) is 5.73 Å². The second-order valence-electron chi connectivity index (χ2n) is 4.53. The van der Waals surface area contributed by atoms with Crippen molar-refractivity contribution in [2.45, 2.75) is 0 Å². The topological polar surface area (TPSA) is 84.2 Å². The van der Waals surface area contributed by atoms with Crippen LogP contribution in [0.3, 0.4) is 0 Å². The summed E-state index contributed by atoms with van der Waals surface area (Å²) in [5.41, 5.74) is 5.11. The quantitative estimate of drug-likeness (QED) is 0.807. The number of rotatable bonds is 4. The summed E-state index contributed by atoms with van der Waals surface area (Å²) >= 11 is 0. The Balaban J connectivity index is 2.26. The first-order valence-electron chi connectivity index (χ1n) is 6.46. The monoisotopic (exact) mass is 323 g/mol. The van der Waals surface area contributed by atoms with Crippen molar-refractivity contribution in [2.24, 2.45) is 5.73 Å². The Labute approximate surface area is 129 Å². The van der Waals surface area contributed by atoms with Crippen LogP contribution in [-0.4, -0.2) is 18.4 Å². The smallest absolute Gasteiger partial charge is 0.255 e. The first kappa shape index (κ1) is 16.5. The molecule has 0 aromatic heterocycles. The van der Waals surface area contributed by atoms with Crippen molar-refractivity contribution in [3.8, 4) is 0 Å². The molecule has 0 aliphatic rings. The van der Waals surface area contributed by atoms with E-state index in [0.717, 1.165) is 30.3 Å². The Morgan fingerprint density at radius 3 is 2.30 bits per heavy atom. The predicted molar refractivity (Wildman–Crippen MR) is 78.4 cm³/mol. The van der Waals surface area contributed by atoms with E-state index in [2.05, 4.69) is 10.6 Å². The highest BCUT2D eigenvalue weighted by Crippen LogP contribution is 2.23. The molecule has 2 rings (SSSR count). The molecule has 0 aliphatic heterocycles. The number of hydrogen-bond acceptors (Lipinski definition) is 3. The number of benzene rings is 2. The van der Waals surface area contributed by atoms with Crippen LogP contribution >= 0.6 is 0 Å². The molecule has 0 aliphatic carbocycles. The van der Waals surface area contributed by atoms with Crippen molar-refractivity contribution in [3.05, 3.63) is 59.4 Å². The van der Waals surface area contributed by atoms with Crippen LogP contribution in [-0.2, 0) is 4.79 Å². The van der Waals surface area contributed by atoms with Gasteiger partial charge in [0.15, 0.2) is 11.6 Å². The van der Waals surface area contributed by atoms with E-state index in [9.17, 15) is 22.8 Å². The molecule has 23 heavy (non-hydrogen) atoms. The lowest BCUT2D eigenvalue weighted by Gasteiger charge is -2.12. The minimum Gasteiger partial charge on any atom is -0.323 e. The number of carbonyl (C=O) groups excluding carboxylic acids is 2. The fraction of sp³-hybridized carbons (Fsp3) is 0.0667. The third kappa shape index (κ3) is 4.07. The summed E-state index contributed by atoms with van der Waals surface area (Å²) in [6.45, 7) is -0.326. The van der Waals surface area contributed by atoms with E-state index >= 15 is 0 Å². The van der Waals surface area contributed by atoms with Crippen molar-refractivity contribution in [3.63, 3.8) is 0 Å². The van der Waals surface area contributed by atoms with E-state index in [-0.39, 0.29) is 23.5 Å². The fourth-order valence-corrected chi connectivity index (χ4v) is 1.76. The Bertz CT molecular complexity index is 766. The molecule has 4 N–H and O–H groups in total. The maximum atomic E-state index is 13.3. The minimum atomic E-state index is -1.17. The molecule has 5 nitrogen and oxygen atoms in total. The molecule has 120 valence electrons. The van der Waals surface area contributed by atoms with Gasteiger partial charge in [0, 0.05) is 5.56 Å². The number of carbonyl (C=O) groups is 2. The molecule has 0 radical (unpaired) electrons. The molecule has 0 bridgehead atoms. The van der Waals surface area contributed by atoms with Gasteiger partial charge in [-0.05, 0) is 36.4 Å². The third-order valence-corrected chi connectivity index (χ3v) is 2.87. The molecule has 0 unspecified atom stereocenters. The average molecular weight is 323 g/mol. The molecule has 0 saturated heterocycles. The van der Waals surface area contributed by atoms with Gasteiger partial charge >= 0.3 is 0 Å². The highest BCUT2D eigenvalue weighted by Gasteiger charge is 2.13. The molecule has 2 aromatic rings. The van der Waals surface area contributed by atoms with Gasteiger partial charge in [-0.15, -0.1) is 0 Å². The van der Waals surface area contributed by atoms with Crippen LogP contribution in [0.25, 0.3) is 0 Å². The number of nitrogens with one attached hydrogen (secondary N) is 2. The molecule has 8 heteroatoms. The summed E-state index contributed by atoms with van der Waals surface area (Å²) in [7, 11) is 0. The van der Waals surface area contributed by atoms with Gasteiger partial charge in [0.1, 0.15) is 5.82 Å². The van der Waals surface area contributed by atoms with Gasteiger partial charge in [0.25, 0.3) is 5.91 Å². The summed E-state index contributed by atoms with van der Waals surface area (Å²) < 4.78 is 39.3. The summed E-state index contributed by atoms with van der Waals surface area (Å²) in [6, 6.07) is 5.92. The van der Waals surface area contributed by atoms with Crippen LogP contribution in [0.2, 0.25) is 0 Å². The third-order valence-electron chi connectivity index (χ3n) is 2.87. The summed E-state index contributed by atoms with van der Waals surface area (Å²) in [5, 5.41) is 4.71. The van der Waals surface area contributed by atoms with Crippen LogP contribution in [0.5, 0.6) is 0 Å². The predicted octanol–water partition coefficient (Wildman–Crippen LogP) is 2.25. The molecular formula is C15H12F3N3O2. The van der Waals surface area contributed by atoms with E-state index in [0.29, 0.717) is 0 Å². The maximum absolute atomic E-state index is 13.3. The average Bonchev–Trinajstić information content (AvgIpc) is 2.52. The largest absolute Gasteiger partial charge is 0.323 e. The lowest BCUT2D eigenvalue weighted by atomic mass is 10.2. The maximum Gasteiger partial charge on any atom is 0.255 e. The zero-order valence-corrected chi connectivity index (χ0v) is 11.7. The summed E-state index contributed by atoms with van der Waals surface area (Å²) in [5.74, 6) is -4.23. The Hall–Kier alpha value is -2.87. The number of amides is 2. The zero-order chi connectivity index (χ0) is 17.0. The SMILES string of the molecule is NCC(=O)Nc1cc(F)ccc1NC(=O)c1ccc(F)c(F)c1. The molecule has 2 amide bonds. The zero-order valence-electron chi connectivity index (χ0n) is 11.7. The number of hydrogen-bond donors (Lipinski definition) is 3. The Morgan fingerprint density at radius 2 is 1.65 bits per heavy atom. The van der Waals surface area contributed by atoms with Crippen LogP contribution in [0.1, 0.15) is 10.4 Å². The molecular weight excluding hydrogens is 311 g/mol. The van der Waals surface area contributed by atoms with Crippen molar-refractivity contribution in [1.82, 2.24) is 0 Å². The number of anilines is 2. The first-order valence-corrected chi connectivity index (χ1v) is 6.46. The van der Waals surface area contributed by atoms with Gasteiger partial charge in [-0.25, -0.2) is 13.2 Å². The normalized spacial score (nSPS) is 10.3. The highest BCUT2D eigenvalue weighted by molar-refractivity contribution is 6.07. The molecule has 0 heterocycles. The lowest BCUT2D eigenvalue weighted by Crippen LogP contribution is -2.23. The molecule has 0 saturated carbocycles. The standard InChI is InChI=1S/C15H12F3N3O2/c16-9-2-4-12(13(6-9)20-14(22)7-19)21-15(23)8-1-3-10(17)11(18)5-8/h1-6H,7,19H2,(H,20,22)(H,21,23). The van der Waals surface area contributed by atoms with Gasteiger partial charge < -0.3 is 16.4 Å². The minimum absolute atomic E-state index is 0.00335. The van der Waals surface area contributed by atoms with Gasteiger partial charge in [0.05, 0.1) is 17.9 Å². The van der Waals surface area contributed by atoms with Gasteiger partial charge in [-0.1, -0.05) is 0 Å². The van der Waals surface area contributed by atoms with Crippen LogP contribution < -0.4 is 16.4 Å². The van der Waals surface area contributed by atoms with Crippen LogP contribution in [0.4, 0.5) is 24.5 Å². The molecule has 0 fully saturated rings. The van der Waals surface area contributed by atoms with E-state index < -0.39 is 29.3 Å². The lowest BCUT2D eigenvalue weighted by molar-refractivity contribution is -0.114. The molecule has 0 atom stereocenters. The Morgan fingerprint density at radius 1 is 0.913 bits per heavy atom. The van der Waals surface area contributed by atoms with Crippen LogP contribution in [0.15, 0.2) is 36.4 Å². The fourth-order valence-electron chi connectivity index (χ4n) is 1.76. The van der Waals surface area contributed by atoms with Crippen LogP contribution in [0, 0.1) is 17.5 Å². The van der Waals surface area contributed by atoms with Gasteiger partial charge in [-0.3, -0.25) is 9.59 Å². The van der Waals surface area contributed by atoms with Crippen molar-refractivity contribution < 1.29 is 22.8 Å². The second kappa shape index (κ2) is 6.93. The van der Waals surface area contributed by atoms with Gasteiger partial charge in [-0.2, -0.15) is 0 Å². The van der Waals surface area contributed by atoms with E-state index in [1.54, 1.807) is 0 Å². The van der Waals surface area contributed by atoms with Gasteiger partial charge in [0.2, 0.25) is 5.91 Å². The summed E-state index contributed by atoms with van der Waals surface area (Å²) in [6.07, 6.45) is 0. The van der Waals surface area contributed by atoms with Crippen molar-refractivity contribution >= 4 is 23.2 Å².